The van der Waals surface area contributed by atoms with Crippen LogP contribution >= 0.6 is 11.6 Å². The summed E-state index contributed by atoms with van der Waals surface area (Å²) in [4.78, 5) is 14.5. The van der Waals surface area contributed by atoms with Crippen LogP contribution in [0.5, 0.6) is 11.5 Å². The summed E-state index contributed by atoms with van der Waals surface area (Å²) in [5, 5.41) is 7.18. The van der Waals surface area contributed by atoms with Crippen molar-refractivity contribution in [3.63, 3.8) is 0 Å². The van der Waals surface area contributed by atoms with Crippen LogP contribution in [0.1, 0.15) is 18.7 Å². The average molecular weight is 420 g/mol. The Morgan fingerprint density at radius 1 is 0.967 bits per heavy atom. The van der Waals surface area contributed by atoms with Crippen molar-refractivity contribution < 1.29 is 14.3 Å². The Morgan fingerprint density at radius 2 is 1.70 bits per heavy atom. The summed E-state index contributed by atoms with van der Waals surface area (Å²) in [7, 11) is 0. The maximum absolute atomic E-state index is 12.6. The molecule has 0 amide bonds. The van der Waals surface area contributed by atoms with E-state index in [1.54, 1.807) is 12.1 Å². The van der Waals surface area contributed by atoms with Gasteiger partial charge in [-0.2, -0.15) is 0 Å². The molecule has 0 aliphatic carbocycles. The summed E-state index contributed by atoms with van der Waals surface area (Å²) in [6.45, 7) is 1.72. The number of Topliss-reactive ketones (excluding diaryl/α,β-unsaturated/α-hetero) is 1. The van der Waals surface area contributed by atoms with Gasteiger partial charge in [-0.15, -0.1) is 5.10 Å². The first-order chi connectivity index (χ1) is 14.6. The monoisotopic (exact) mass is 419 g/mol. The highest BCUT2D eigenvalue weighted by atomic mass is 35.5. The Morgan fingerprint density at radius 3 is 2.43 bits per heavy atom. The summed E-state index contributed by atoms with van der Waals surface area (Å²) in [5.41, 5.74) is 2.60. The van der Waals surface area contributed by atoms with Crippen LogP contribution in [0.2, 0.25) is 5.02 Å². The van der Waals surface area contributed by atoms with Crippen molar-refractivity contribution in [1.82, 2.24) is 0 Å². The molecule has 0 radical (unpaired) electrons. The molecule has 7 heteroatoms. The quantitative estimate of drug-likeness (QED) is 0.595. The van der Waals surface area contributed by atoms with Gasteiger partial charge in [0, 0.05) is 23.2 Å². The van der Waals surface area contributed by atoms with Crippen LogP contribution < -0.4 is 19.4 Å². The Bertz CT molecular complexity index is 1130. The van der Waals surface area contributed by atoms with E-state index in [0.717, 1.165) is 16.9 Å². The van der Waals surface area contributed by atoms with Crippen molar-refractivity contribution in [3.05, 3.63) is 83.4 Å². The van der Waals surface area contributed by atoms with E-state index in [9.17, 15) is 4.79 Å². The van der Waals surface area contributed by atoms with Crippen LogP contribution in [0.3, 0.4) is 0 Å². The number of halogens is 1. The van der Waals surface area contributed by atoms with Crippen molar-refractivity contribution in [3.8, 4) is 11.5 Å². The van der Waals surface area contributed by atoms with Crippen molar-refractivity contribution in [1.29, 1.82) is 0 Å². The van der Waals surface area contributed by atoms with Crippen LogP contribution in [0.4, 0.5) is 11.4 Å². The van der Waals surface area contributed by atoms with E-state index in [0.29, 0.717) is 22.4 Å². The second-order valence-corrected chi connectivity index (χ2v) is 7.43. The molecule has 0 fully saturated rings. The molecule has 30 heavy (non-hydrogen) atoms. The molecule has 3 aromatic carbocycles. The molecular weight excluding hydrogens is 402 g/mol. The number of hydrogen-bond donors (Lipinski definition) is 0. The van der Waals surface area contributed by atoms with E-state index >= 15 is 0 Å². The largest absolute Gasteiger partial charge is 0.454 e. The van der Waals surface area contributed by atoms with E-state index in [1.807, 2.05) is 70.6 Å². The van der Waals surface area contributed by atoms with E-state index in [4.69, 9.17) is 26.2 Å². The summed E-state index contributed by atoms with van der Waals surface area (Å²) in [6.07, 6.45) is -0.387. The molecule has 2 aliphatic heterocycles. The lowest BCUT2D eigenvalue weighted by Crippen LogP contribution is -2.37. The van der Waals surface area contributed by atoms with Gasteiger partial charge in [0.25, 0.3) is 0 Å². The van der Waals surface area contributed by atoms with Gasteiger partial charge >= 0.3 is 0 Å². The number of rotatable bonds is 4. The van der Waals surface area contributed by atoms with Crippen molar-refractivity contribution >= 4 is 34.6 Å². The Balaban J connectivity index is 1.68. The molecule has 0 spiro atoms. The number of ether oxygens (including phenoxy) is 2. The first kappa shape index (κ1) is 18.5. The second-order valence-electron chi connectivity index (χ2n) is 6.99. The molecule has 0 saturated heterocycles. The van der Waals surface area contributed by atoms with Gasteiger partial charge in [0.15, 0.2) is 29.3 Å². The van der Waals surface area contributed by atoms with E-state index in [2.05, 4.69) is 0 Å². The van der Waals surface area contributed by atoms with Gasteiger partial charge in [-0.25, -0.2) is 5.01 Å². The highest BCUT2D eigenvalue weighted by Crippen LogP contribution is 2.42. The fraction of sp³-hybridized carbons (Fsp3) is 0.130. The third-order valence-electron chi connectivity index (χ3n) is 5.04. The van der Waals surface area contributed by atoms with Crippen molar-refractivity contribution in [2.45, 2.75) is 13.1 Å². The number of ketones is 1. The van der Waals surface area contributed by atoms with Gasteiger partial charge in [-0.3, -0.25) is 9.69 Å². The molecule has 0 saturated carbocycles. The van der Waals surface area contributed by atoms with E-state index in [1.165, 1.54) is 6.92 Å². The van der Waals surface area contributed by atoms with E-state index in [-0.39, 0.29) is 18.7 Å². The highest BCUT2D eigenvalue weighted by Gasteiger charge is 2.39. The van der Waals surface area contributed by atoms with Gasteiger partial charge < -0.3 is 9.47 Å². The number of nitrogens with zero attached hydrogens (tertiary/aromatic N) is 3. The number of hydrazone groups is 1. The fourth-order valence-corrected chi connectivity index (χ4v) is 3.80. The van der Waals surface area contributed by atoms with Crippen LogP contribution in [-0.2, 0) is 4.79 Å². The second kappa shape index (κ2) is 7.39. The minimum absolute atomic E-state index is 0.130. The van der Waals surface area contributed by atoms with Gasteiger partial charge in [-0.05, 0) is 48.5 Å². The Hall–Kier alpha value is -3.51. The lowest BCUT2D eigenvalue weighted by atomic mass is 10.1. The average Bonchev–Trinajstić information content (AvgIpc) is 3.39. The lowest BCUT2D eigenvalue weighted by Gasteiger charge is -2.32. The molecule has 0 bridgehead atoms. The Labute approximate surface area is 178 Å². The summed E-state index contributed by atoms with van der Waals surface area (Å²) >= 11 is 6.10. The molecule has 2 heterocycles. The number of amidine groups is 1. The van der Waals surface area contributed by atoms with Gasteiger partial charge in [0.1, 0.15) is 0 Å². The smallest absolute Gasteiger partial charge is 0.231 e. The molecule has 3 aromatic rings. The van der Waals surface area contributed by atoms with Gasteiger partial charge in [0.05, 0.1) is 5.69 Å². The van der Waals surface area contributed by atoms with Crippen LogP contribution in [0, 0.1) is 0 Å². The minimum atomic E-state index is -0.387. The molecule has 6 nitrogen and oxygen atoms in total. The summed E-state index contributed by atoms with van der Waals surface area (Å²) in [6, 6.07) is 22.9. The number of hydrogen-bond acceptors (Lipinski definition) is 6. The molecule has 2 aliphatic rings. The lowest BCUT2D eigenvalue weighted by molar-refractivity contribution is -0.111. The standard InChI is InChI=1S/C23H18ClN3O3/c1-15(28)22-25-27(19-5-3-2-4-6-19)23(26(22)18-10-8-17(24)9-11-18)16-7-12-20-21(13-16)30-14-29-20/h2-13,23H,14H2,1H3/t23-/m1/s1. The van der Waals surface area contributed by atoms with Crippen molar-refractivity contribution in [2.75, 3.05) is 16.7 Å². The first-order valence-electron chi connectivity index (χ1n) is 9.50. The van der Waals surface area contributed by atoms with Crippen LogP contribution in [0.25, 0.3) is 0 Å². The molecule has 150 valence electrons. The zero-order valence-corrected chi connectivity index (χ0v) is 16.9. The van der Waals surface area contributed by atoms with Crippen LogP contribution in [-0.4, -0.2) is 18.4 Å². The third-order valence-corrected chi connectivity index (χ3v) is 5.29. The van der Waals surface area contributed by atoms with Crippen molar-refractivity contribution in [2.24, 2.45) is 5.10 Å². The minimum Gasteiger partial charge on any atom is -0.454 e. The topological polar surface area (TPSA) is 54.4 Å². The van der Waals surface area contributed by atoms with Gasteiger partial charge in [-0.1, -0.05) is 35.9 Å². The zero-order chi connectivity index (χ0) is 20.7. The normalized spacial score (nSPS) is 17.3. The maximum Gasteiger partial charge on any atom is 0.231 e. The summed E-state index contributed by atoms with van der Waals surface area (Å²) in [5.74, 6) is 1.60. The molecule has 0 N–H and O–H groups in total. The zero-order valence-electron chi connectivity index (χ0n) is 16.2. The fourth-order valence-electron chi connectivity index (χ4n) is 3.68. The molecule has 0 aromatic heterocycles. The number of carbonyl (C=O) groups is 1. The maximum atomic E-state index is 12.6. The number of carbonyl (C=O) groups excluding carboxylic acids is 1. The molecule has 0 unspecified atom stereocenters. The predicted octanol–water partition coefficient (Wildman–Crippen LogP) is 5.00. The summed E-state index contributed by atoms with van der Waals surface area (Å²) < 4.78 is 11.1. The van der Waals surface area contributed by atoms with E-state index < -0.39 is 0 Å². The first-order valence-corrected chi connectivity index (χ1v) is 9.88. The number of anilines is 2. The van der Waals surface area contributed by atoms with Gasteiger partial charge in [0.2, 0.25) is 6.79 Å². The SMILES string of the molecule is CC(=O)C1=NN(c2ccccc2)[C@H](c2ccc3c(c2)OCO3)N1c1ccc(Cl)cc1. The molecule has 1 atom stereocenters. The number of para-hydroxylation sites is 1. The number of fused-ring (bicyclic) bond motifs is 1. The van der Waals surface area contributed by atoms with Crippen LogP contribution in [0.15, 0.2) is 77.9 Å². The predicted molar refractivity (Wildman–Crippen MR) is 116 cm³/mol. The number of benzene rings is 3. The highest BCUT2D eigenvalue weighted by molar-refractivity contribution is 6.44. The molecular formula is C23H18ClN3O3. The molecule has 5 rings (SSSR count). The Kier molecular flexibility index (Phi) is 4.56. The third kappa shape index (κ3) is 3.15.